The van der Waals surface area contributed by atoms with Crippen molar-refractivity contribution in [1.82, 2.24) is 0 Å². The minimum Gasteiger partial charge on any atom is -0.427 e. The van der Waals surface area contributed by atoms with E-state index in [1.165, 1.54) is 53.5 Å². The molecular formula is C34H47O3P. The van der Waals surface area contributed by atoms with E-state index in [-0.39, 0.29) is 0 Å². The summed E-state index contributed by atoms with van der Waals surface area (Å²) in [6.45, 7) is 8.89. The van der Waals surface area contributed by atoms with E-state index in [0.717, 1.165) is 68.1 Å². The van der Waals surface area contributed by atoms with Gasteiger partial charge >= 0.3 is 8.60 Å². The van der Waals surface area contributed by atoms with Gasteiger partial charge in [-0.25, -0.2) is 0 Å². The van der Waals surface area contributed by atoms with E-state index in [1.807, 2.05) is 0 Å². The quantitative estimate of drug-likeness (QED) is 0.180. The minimum atomic E-state index is -2.50. The van der Waals surface area contributed by atoms with Gasteiger partial charge in [0.1, 0.15) is 5.75 Å². The van der Waals surface area contributed by atoms with E-state index in [9.17, 15) is 9.79 Å². The minimum absolute atomic E-state index is 0.619. The molecule has 2 N–H and O–H groups in total. The average Bonchev–Trinajstić information content (AvgIpc) is 2.93. The maximum absolute atomic E-state index is 9.89. The SMILES string of the molecule is CCCCc1ccc(-c2cc(OP(O)O)c(CCCC)c(CCCC)c2-c2ccc(CCCC)cc2)cc1. The zero-order valence-electron chi connectivity index (χ0n) is 23.9. The first-order valence-electron chi connectivity index (χ1n) is 14.7. The lowest BCUT2D eigenvalue weighted by atomic mass is 9.83. The van der Waals surface area contributed by atoms with Crippen LogP contribution in [0.2, 0.25) is 0 Å². The van der Waals surface area contributed by atoms with E-state index in [1.54, 1.807) is 0 Å². The molecule has 0 aromatic heterocycles. The molecule has 0 radical (unpaired) electrons. The van der Waals surface area contributed by atoms with Crippen LogP contribution in [0.15, 0.2) is 54.6 Å². The molecule has 0 saturated heterocycles. The Hall–Kier alpha value is -2.19. The van der Waals surface area contributed by atoms with Crippen molar-refractivity contribution in [3.8, 4) is 28.0 Å². The Labute approximate surface area is 232 Å². The summed E-state index contributed by atoms with van der Waals surface area (Å²) in [4.78, 5) is 19.8. The van der Waals surface area contributed by atoms with Gasteiger partial charge in [0.15, 0.2) is 0 Å². The Kier molecular flexibility index (Phi) is 12.8. The van der Waals surface area contributed by atoms with Crippen LogP contribution in [0.4, 0.5) is 0 Å². The second-order valence-corrected chi connectivity index (χ2v) is 11.1. The van der Waals surface area contributed by atoms with Crippen LogP contribution < -0.4 is 4.52 Å². The van der Waals surface area contributed by atoms with Crippen molar-refractivity contribution in [2.75, 3.05) is 0 Å². The van der Waals surface area contributed by atoms with Crippen LogP contribution in [-0.4, -0.2) is 9.79 Å². The van der Waals surface area contributed by atoms with Crippen molar-refractivity contribution in [2.45, 2.75) is 105 Å². The van der Waals surface area contributed by atoms with Crippen LogP contribution in [0.25, 0.3) is 22.3 Å². The molecule has 0 aliphatic rings. The molecule has 3 aromatic rings. The van der Waals surface area contributed by atoms with Crippen LogP contribution in [0.1, 0.15) is 101 Å². The van der Waals surface area contributed by atoms with Crippen molar-refractivity contribution >= 4 is 8.60 Å². The summed E-state index contributed by atoms with van der Waals surface area (Å²) in [5.41, 5.74) is 9.89. The highest BCUT2D eigenvalue weighted by atomic mass is 31.2. The summed E-state index contributed by atoms with van der Waals surface area (Å²) < 4.78 is 5.73. The lowest BCUT2D eigenvalue weighted by Gasteiger charge is -2.24. The first kappa shape index (κ1) is 30.4. The molecule has 0 unspecified atom stereocenters. The standard InChI is InChI=1S/C34H47O3P/c1-5-9-13-26-17-21-28(22-18-26)32-25-33(37-38(35)36)30(15-11-7-3)31(16-12-8-4)34(32)29-23-19-27(20-24-29)14-10-6-2/h17-25,35-36H,5-16H2,1-4H3. The molecule has 0 heterocycles. The summed E-state index contributed by atoms with van der Waals surface area (Å²) in [7, 11) is -2.50. The Bertz CT molecular complexity index is 1100. The number of benzene rings is 3. The fraction of sp³-hybridized carbons (Fsp3) is 0.471. The smallest absolute Gasteiger partial charge is 0.391 e. The van der Waals surface area contributed by atoms with Crippen LogP contribution in [0.3, 0.4) is 0 Å². The fourth-order valence-corrected chi connectivity index (χ4v) is 5.53. The van der Waals surface area contributed by atoms with Gasteiger partial charge in [-0.05, 0) is 102 Å². The van der Waals surface area contributed by atoms with Crippen molar-refractivity contribution in [3.05, 3.63) is 76.9 Å². The van der Waals surface area contributed by atoms with Gasteiger partial charge in [-0.3, -0.25) is 0 Å². The van der Waals surface area contributed by atoms with Gasteiger partial charge < -0.3 is 14.3 Å². The van der Waals surface area contributed by atoms with Crippen LogP contribution in [0, 0.1) is 0 Å². The first-order chi connectivity index (χ1) is 18.5. The predicted octanol–water partition coefficient (Wildman–Crippen LogP) is 9.98. The molecule has 0 bridgehead atoms. The van der Waals surface area contributed by atoms with Crippen molar-refractivity contribution in [2.24, 2.45) is 0 Å². The largest absolute Gasteiger partial charge is 0.427 e. The van der Waals surface area contributed by atoms with E-state index in [4.69, 9.17) is 4.52 Å². The molecule has 0 fully saturated rings. The van der Waals surface area contributed by atoms with Crippen LogP contribution in [-0.2, 0) is 25.7 Å². The summed E-state index contributed by atoms with van der Waals surface area (Å²) in [5.74, 6) is 0.619. The van der Waals surface area contributed by atoms with Crippen molar-refractivity contribution in [1.29, 1.82) is 0 Å². The van der Waals surface area contributed by atoms with Gasteiger partial charge in [0.2, 0.25) is 0 Å². The lowest BCUT2D eigenvalue weighted by Crippen LogP contribution is -2.05. The molecule has 3 aromatic carbocycles. The van der Waals surface area contributed by atoms with E-state index in [2.05, 4.69) is 82.3 Å². The van der Waals surface area contributed by atoms with Gasteiger partial charge in [-0.1, -0.05) is 102 Å². The van der Waals surface area contributed by atoms with Crippen LogP contribution in [0.5, 0.6) is 5.75 Å². The zero-order valence-corrected chi connectivity index (χ0v) is 24.8. The molecule has 0 aliphatic carbocycles. The molecule has 0 spiro atoms. The topological polar surface area (TPSA) is 49.7 Å². The molecule has 0 saturated carbocycles. The predicted molar refractivity (Wildman–Crippen MR) is 164 cm³/mol. The number of hydrogen-bond acceptors (Lipinski definition) is 3. The van der Waals surface area contributed by atoms with Crippen molar-refractivity contribution < 1.29 is 14.3 Å². The highest BCUT2D eigenvalue weighted by molar-refractivity contribution is 7.39. The average molecular weight is 535 g/mol. The molecule has 4 heteroatoms. The number of unbranched alkanes of at least 4 members (excludes halogenated alkanes) is 4. The highest BCUT2D eigenvalue weighted by Crippen LogP contribution is 2.45. The molecule has 3 nitrogen and oxygen atoms in total. The second-order valence-electron chi connectivity index (χ2n) is 10.4. The van der Waals surface area contributed by atoms with Crippen molar-refractivity contribution in [3.63, 3.8) is 0 Å². The third-order valence-electron chi connectivity index (χ3n) is 7.39. The normalized spacial score (nSPS) is 11.3. The molecular weight excluding hydrogens is 487 g/mol. The second kappa shape index (κ2) is 16.0. The third-order valence-corrected chi connectivity index (χ3v) is 7.75. The molecule has 3 rings (SSSR count). The van der Waals surface area contributed by atoms with Gasteiger partial charge in [-0.2, -0.15) is 0 Å². The summed E-state index contributed by atoms with van der Waals surface area (Å²) >= 11 is 0. The monoisotopic (exact) mass is 534 g/mol. The lowest BCUT2D eigenvalue weighted by molar-refractivity contribution is 0.373. The first-order valence-corrected chi connectivity index (χ1v) is 15.9. The molecule has 38 heavy (non-hydrogen) atoms. The number of aryl methyl sites for hydroxylation is 2. The maximum Gasteiger partial charge on any atom is 0.391 e. The Morgan fingerprint density at radius 3 is 1.50 bits per heavy atom. The molecule has 0 aliphatic heterocycles. The van der Waals surface area contributed by atoms with Gasteiger partial charge in [0.05, 0.1) is 0 Å². The summed E-state index contributed by atoms with van der Waals surface area (Å²) in [6.07, 6.45) is 13.1. The van der Waals surface area contributed by atoms with Crippen LogP contribution >= 0.6 is 8.60 Å². The Balaban J connectivity index is 2.25. The molecule has 0 amide bonds. The Morgan fingerprint density at radius 1 is 0.579 bits per heavy atom. The van der Waals surface area contributed by atoms with E-state index < -0.39 is 8.60 Å². The van der Waals surface area contributed by atoms with Gasteiger partial charge in [0, 0.05) is 0 Å². The van der Waals surface area contributed by atoms with E-state index >= 15 is 0 Å². The van der Waals surface area contributed by atoms with Gasteiger partial charge in [0.25, 0.3) is 0 Å². The highest BCUT2D eigenvalue weighted by Gasteiger charge is 2.22. The summed E-state index contributed by atoms with van der Waals surface area (Å²) in [5, 5.41) is 0. The molecule has 0 atom stereocenters. The molecule has 206 valence electrons. The van der Waals surface area contributed by atoms with E-state index in [0.29, 0.717) is 5.75 Å². The number of hydrogen-bond donors (Lipinski definition) is 2. The van der Waals surface area contributed by atoms with Gasteiger partial charge in [-0.15, -0.1) is 0 Å². The zero-order chi connectivity index (χ0) is 27.3. The summed E-state index contributed by atoms with van der Waals surface area (Å²) in [6, 6.07) is 20.1. The fourth-order valence-electron chi connectivity index (χ4n) is 5.19. The number of rotatable bonds is 16. The third kappa shape index (κ3) is 8.40. The maximum atomic E-state index is 9.89. The Morgan fingerprint density at radius 2 is 1.03 bits per heavy atom.